The van der Waals surface area contributed by atoms with Gasteiger partial charge in [-0.2, -0.15) is 0 Å². The molecule has 244 valence electrons. The summed E-state index contributed by atoms with van der Waals surface area (Å²) < 4.78 is 20.4. The van der Waals surface area contributed by atoms with Crippen LogP contribution in [0.4, 0.5) is 5.69 Å². The Morgan fingerprint density at radius 3 is 2.48 bits per heavy atom. The average Bonchev–Trinajstić information content (AvgIpc) is 3.38. The number of benzene rings is 4. The third-order valence-corrected chi connectivity index (χ3v) is 9.84. The minimum Gasteiger partial charge on any atom is -0.494 e. The molecular formula is C37H31ClIN3O5S. The Morgan fingerprint density at radius 2 is 1.77 bits per heavy atom. The van der Waals surface area contributed by atoms with Gasteiger partial charge in [0.15, 0.2) is 16.3 Å². The highest BCUT2D eigenvalue weighted by Crippen LogP contribution is 2.36. The van der Waals surface area contributed by atoms with E-state index in [9.17, 15) is 9.59 Å². The van der Waals surface area contributed by atoms with Crippen LogP contribution in [0.15, 0.2) is 112 Å². The van der Waals surface area contributed by atoms with E-state index < -0.39 is 6.04 Å². The molecule has 1 atom stereocenters. The number of hydrogen-bond donors (Lipinski definition) is 1. The van der Waals surface area contributed by atoms with Crippen molar-refractivity contribution in [3.63, 3.8) is 0 Å². The van der Waals surface area contributed by atoms with Gasteiger partial charge < -0.3 is 19.5 Å². The minimum atomic E-state index is -0.710. The van der Waals surface area contributed by atoms with Gasteiger partial charge in [0, 0.05) is 16.3 Å². The first-order valence-corrected chi connectivity index (χ1v) is 17.4. The van der Waals surface area contributed by atoms with Crippen LogP contribution < -0.4 is 34.4 Å². The molecule has 1 N–H and O–H groups in total. The zero-order valence-corrected chi connectivity index (χ0v) is 30.1. The van der Waals surface area contributed by atoms with Gasteiger partial charge in [-0.05, 0) is 96.1 Å². The van der Waals surface area contributed by atoms with Gasteiger partial charge in [0.2, 0.25) is 0 Å². The van der Waals surface area contributed by atoms with Crippen LogP contribution in [-0.4, -0.2) is 24.2 Å². The number of rotatable bonds is 10. The largest absolute Gasteiger partial charge is 0.494 e. The molecule has 1 aliphatic rings. The van der Waals surface area contributed by atoms with Crippen molar-refractivity contribution in [2.75, 3.05) is 19.0 Å². The molecule has 0 saturated carbocycles. The van der Waals surface area contributed by atoms with Crippen LogP contribution in [0, 0.1) is 3.57 Å². The predicted octanol–water partition coefficient (Wildman–Crippen LogP) is 7.12. The number of carbonyl (C=O) groups is 1. The van der Waals surface area contributed by atoms with E-state index in [1.165, 1.54) is 11.3 Å². The predicted molar refractivity (Wildman–Crippen MR) is 198 cm³/mol. The van der Waals surface area contributed by atoms with Crippen molar-refractivity contribution in [3.8, 4) is 17.2 Å². The van der Waals surface area contributed by atoms with E-state index in [2.05, 4.69) is 27.9 Å². The molecule has 0 fully saturated rings. The number of hydrogen-bond acceptors (Lipinski definition) is 7. The molecule has 0 saturated heterocycles. The van der Waals surface area contributed by atoms with Crippen LogP contribution in [-0.2, 0) is 11.4 Å². The number of carbonyl (C=O) groups excluding carboxylic acids is 1. The smallest absolute Gasteiger partial charge is 0.271 e. The zero-order valence-electron chi connectivity index (χ0n) is 26.3. The summed E-state index contributed by atoms with van der Waals surface area (Å²) >= 11 is 9.80. The van der Waals surface area contributed by atoms with Crippen molar-refractivity contribution in [3.05, 3.63) is 147 Å². The van der Waals surface area contributed by atoms with E-state index in [0.29, 0.717) is 55.2 Å². The number of aromatic nitrogens is 1. The normalized spacial score (nSPS) is 14.3. The van der Waals surface area contributed by atoms with Gasteiger partial charge in [-0.3, -0.25) is 14.2 Å². The van der Waals surface area contributed by atoms with E-state index in [-0.39, 0.29) is 18.1 Å². The zero-order chi connectivity index (χ0) is 33.8. The first-order valence-electron chi connectivity index (χ1n) is 15.1. The quantitative estimate of drug-likeness (QED) is 0.152. The Labute approximate surface area is 300 Å². The minimum absolute atomic E-state index is 0.261. The number of thiazole rings is 1. The fourth-order valence-corrected chi connectivity index (χ4v) is 7.46. The molecule has 1 amide bonds. The molecule has 1 aliphatic heterocycles. The van der Waals surface area contributed by atoms with Gasteiger partial charge in [0.05, 0.1) is 39.1 Å². The lowest BCUT2D eigenvalue weighted by atomic mass is 9.95. The number of nitrogens with zero attached hydrogens (tertiary/aromatic N) is 2. The molecular weight excluding hydrogens is 761 g/mol. The number of ether oxygens (including phenoxy) is 3. The summed E-state index contributed by atoms with van der Waals surface area (Å²) in [4.78, 5) is 33.3. The van der Waals surface area contributed by atoms with Crippen LogP contribution in [0.25, 0.3) is 6.08 Å². The number of anilines is 1. The summed E-state index contributed by atoms with van der Waals surface area (Å²) in [5, 5.41) is 3.61. The van der Waals surface area contributed by atoms with Crippen molar-refractivity contribution < 1.29 is 19.0 Å². The first-order chi connectivity index (χ1) is 23.3. The number of nitrogens with one attached hydrogen (secondary N) is 1. The molecule has 5 aromatic rings. The van der Waals surface area contributed by atoms with Gasteiger partial charge in [-0.15, -0.1) is 0 Å². The molecule has 0 spiro atoms. The van der Waals surface area contributed by atoms with Crippen LogP contribution in [0.5, 0.6) is 17.2 Å². The topological polar surface area (TPSA) is 91.2 Å². The highest BCUT2D eigenvalue weighted by atomic mass is 127. The number of amides is 1. The molecule has 0 radical (unpaired) electrons. The molecule has 0 unspecified atom stereocenters. The van der Waals surface area contributed by atoms with Crippen molar-refractivity contribution in [1.29, 1.82) is 0 Å². The highest BCUT2D eigenvalue weighted by Gasteiger charge is 2.32. The fourth-order valence-electron chi connectivity index (χ4n) is 5.44. The van der Waals surface area contributed by atoms with Gasteiger partial charge in [-0.25, -0.2) is 4.99 Å². The molecule has 6 rings (SSSR count). The number of methoxy groups -OCH3 is 1. The fraction of sp³-hybridized carbons (Fsp3) is 0.162. The number of para-hydroxylation sites is 1. The Balaban J connectivity index is 1.41. The van der Waals surface area contributed by atoms with Gasteiger partial charge >= 0.3 is 0 Å². The molecule has 0 bridgehead atoms. The van der Waals surface area contributed by atoms with Crippen LogP contribution in [0.2, 0.25) is 5.02 Å². The van der Waals surface area contributed by atoms with E-state index >= 15 is 0 Å². The number of allylic oxidation sites excluding steroid dienone is 1. The molecule has 4 aromatic carbocycles. The average molecular weight is 792 g/mol. The van der Waals surface area contributed by atoms with Crippen molar-refractivity contribution >= 4 is 63.2 Å². The monoisotopic (exact) mass is 791 g/mol. The van der Waals surface area contributed by atoms with Crippen molar-refractivity contribution in [2.24, 2.45) is 4.99 Å². The van der Waals surface area contributed by atoms with E-state index in [4.69, 9.17) is 30.8 Å². The van der Waals surface area contributed by atoms with Crippen molar-refractivity contribution in [1.82, 2.24) is 4.57 Å². The maximum Gasteiger partial charge on any atom is 0.271 e. The van der Waals surface area contributed by atoms with E-state index in [0.717, 1.165) is 20.3 Å². The number of halogens is 2. The lowest BCUT2D eigenvalue weighted by Gasteiger charge is -2.25. The molecule has 11 heteroatoms. The van der Waals surface area contributed by atoms with Crippen LogP contribution in [0.3, 0.4) is 0 Å². The third-order valence-electron chi connectivity index (χ3n) is 7.68. The number of fused-ring (bicyclic) bond motifs is 1. The Bertz CT molecular complexity index is 2200. The summed E-state index contributed by atoms with van der Waals surface area (Å²) in [5.41, 5.74) is 3.68. The van der Waals surface area contributed by atoms with E-state index in [1.807, 2.05) is 104 Å². The van der Waals surface area contributed by atoms with Gasteiger partial charge in [0.1, 0.15) is 12.4 Å². The molecule has 2 heterocycles. The molecule has 1 aromatic heterocycles. The van der Waals surface area contributed by atoms with E-state index in [1.54, 1.807) is 18.6 Å². The third kappa shape index (κ3) is 7.06. The van der Waals surface area contributed by atoms with Crippen LogP contribution >= 0.6 is 45.5 Å². The van der Waals surface area contributed by atoms with Gasteiger partial charge in [0.25, 0.3) is 11.5 Å². The second-order valence-corrected chi connectivity index (χ2v) is 13.4. The summed E-state index contributed by atoms with van der Waals surface area (Å²) in [6.45, 7) is 4.51. The Kier molecular flexibility index (Phi) is 10.3. The van der Waals surface area contributed by atoms with Crippen LogP contribution in [0.1, 0.15) is 36.6 Å². The summed E-state index contributed by atoms with van der Waals surface area (Å²) in [6.07, 6.45) is 1.81. The molecule has 8 nitrogen and oxygen atoms in total. The SMILES string of the molecule is CCOc1ccc([C@H]2C(C(=O)Nc3ccccc3)=C(C)N=c3s/c(=C\c4cc(I)c(OCc5ccccc5Cl)c(OC)c4)c(=O)n32)cc1. The summed E-state index contributed by atoms with van der Waals surface area (Å²) in [6, 6.07) is 27.2. The van der Waals surface area contributed by atoms with Crippen molar-refractivity contribution in [2.45, 2.75) is 26.5 Å². The molecule has 48 heavy (non-hydrogen) atoms. The summed E-state index contributed by atoms with van der Waals surface area (Å²) in [7, 11) is 1.58. The lowest BCUT2D eigenvalue weighted by Crippen LogP contribution is -2.40. The highest BCUT2D eigenvalue weighted by molar-refractivity contribution is 14.1. The Hall–Kier alpha value is -4.39. The standard InChI is InChI=1S/C37H31ClIN3O5S/c1-4-46-27-16-14-24(15-17-27)33-32(35(43)41-26-11-6-5-7-12-26)22(2)40-37-42(33)36(44)31(48-37)20-23-18-29(39)34(30(19-23)45-3)47-21-25-10-8-9-13-28(25)38/h5-20,33H,4,21H2,1-3H3,(H,41,43)/b31-20-/t33-/m0/s1. The van der Waals surface area contributed by atoms with Gasteiger partial charge in [-0.1, -0.05) is 71.5 Å². The molecule has 0 aliphatic carbocycles. The second-order valence-electron chi connectivity index (χ2n) is 10.8. The maximum absolute atomic E-state index is 14.2. The second kappa shape index (κ2) is 14.8. The maximum atomic E-state index is 14.2. The lowest BCUT2D eigenvalue weighted by molar-refractivity contribution is -0.113. The Morgan fingerprint density at radius 1 is 1.04 bits per heavy atom. The first kappa shape index (κ1) is 33.5. The summed E-state index contributed by atoms with van der Waals surface area (Å²) in [5.74, 6) is 1.47.